The lowest BCUT2D eigenvalue weighted by Crippen LogP contribution is -2.39. The van der Waals surface area contributed by atoms with Crippen LogP contribution in [-0.2, 0) is 6.42 Å². The van der Waals surface area contributed by atoms with E-state index in [2.05, 4.69) is 22.4 Å². The summed E-state index contributed by atoms with van der Waals surface area (Å²) in [6.45, 7) is 0.264. The molecular formula is C15H17N3O2S. The van der Waals surface area contributed by atoms with Crippen molar-refractivity contribution >= 4 is 22.5 Å². The average Bonchev–Trinajstić information content (AvgIpc) is 3.14. The van der Waals surface area contributed by atoms with Gasteiger partial charge in [-0.3, -0.25) is 5.32 Å². The van der Waals surface area contributed by atoms with Crippen molar-refractivity contribution in [1.82, 2.24) is 9.88 Å². The molecule has 2 N–H and O–H groups in total. The normalized spacial score (nSPS) is 16.5. The topological polar surface area (TPSA) is 65.5 Å². The number of aryl methyl sites for hydroxylation is 1. The van der Waals surface area contributed by atoms with Gasteiger partial charge in [0.15, 0.2) is 5.13 Å². The standard InChI is InChI=1S/C15H17N3O2S/c19-9-8-18(15(20)17-14-16-7-10-21-14)13-6-5-11-3-1-2-4-12(11)13/h1-4,7,10,13,19H,5-6,8-9H2,(H,16,17,20). The smallest absolute Gasteiger partial charge is 0.324 e. The van der Waals surface area contributed by atoms with E-state index in [9.17, 15) is 9.90 Å². The molecule has 0 fully saturated rings. The lowest BCUT2D eigenvalue weighted by Gasteiger charge is -2.29. The highest BCUT2D eigenvalue weighted by molar-refractivity contribution is 7.13. The average molecular weight is 303 g/mol. The maximum Gasteiger partial charge on any atom is 0.324 e. The van der Waals surface area contributed by atoms with Crippen LogP contribution in [0.15, 0.2) is 35.8 Å². The SMILES string of the molecule is O=C(Nc1nccs1)N(CCO)C1CCc2ccccc21. The lowest BCUT2D eigenvalue weighted by molar-refractivity contribution is 0.162. The third-order valence-electron chi connectivity index (χ3n) is 3.73. The van der Waals surface area contributed by atoms with E-state index >= 15 is 0 Å². The monoisotopic (exact) mass is 303 g/mol. The van der Waals surface area contributed by atoms with Crippen molar-refractivity contribution in [2.75, 3.05) is 18.5 Å². The van der Waals surface area contributed by atoms with E-state index in [1.165, 1.54) is 22.5 Å². The van der Waals surface area contributed by atoms with Crippen LogP contribution in [0.4, 0.5) is 9.93 Å². The number of nitrogens with zero attached hydrogens (tertiary/aromatic N) is 2. The Morgan fingerprint density at radius 3 is 3.10 bits per heavy atom. The van der Waals surface area contributed by atoms with Gasteiger partial charge in [0.05, 0.1) is 12.6 Å². The summed E-state index contributed by atoms with van der Waals surface area (Å²) in [6, 6.07) is 7.99. The van der Waals surface area contributed by atoms with Gasteiger partial charge < -0.3 is 10.0 Å². The van der Waals surface area contributed by atoms with Crippen LogP contribution < -0.4 is 5.32 Å². The van der Waals surface area contributed by atoms with E-state index in [0.29, 0.717) is 11.7 Å². The second-order valence-corrected chi connectivity index (χ2v) is 5.83. The van der Waals surface area contributed by atoms with Crippen molar-refractivity contribution in [3.05, 3.63) is 47.0 Å². The fourth-order valence-electron chi connectivity index (χ4n) is 2.81. The van der Waals surface area contributed by atoms with Crippen LogP contribution in [0, 0.1) is 0 Å². The number of nitrogens with one attached hydrogen (secondary N) is 1. The highest BCUT2D eigenvalue weighted by atomic mass is 32.1. The zero-order chi connectivity index (χ0) is 14.7. The molecule has 21 heavy (non-hydrogen) atoms. The molecule has 6 heteroatoms. The number of benzene rings is 1. The molecule has 0 bridgehead atoms. The van der Waals surface area contributed by atoms with E-state index in [-0.39, 0.29) is 18.7 Å². The number of aromatic nitrogens is 1. The molecule has 0 saturated carbocycles. The highest BCUT2D eigenvalue weighted by Crippen LogP contribution is 2.35. The first-order valence-corrected chi connectivity index (χ1v) is 7.83. The molecular weight excluding hydrogens is 286 g/mol. The van der Waals surface area contributed by atoms with Crippen LogP contribution in [0.1, 0.15) is 23.6 Å². The maximum atomic E-state index is 12.5. The molecule has 1 heterocycles. The fraction of sp³-hybridized carbons (Fsp3) is 0.333. The number of carbonyl (C=O) groups excluding carboxylic acids is 1. The maximum absolute atomic E-state index is 12.5. The largest absolute Gasteiger partial charge is 0.395 e. The summed E-state index contributed by atoms with van der Waals surface area (Å²) in [4.78, 5) is 18.2. The number of urea groups is 1. The number of rotatable bonds is 4. The van der Waals surface area contributed by atoms with Crippen molar-refractivity contribution in [2.24, 2.45) is 0 Å². The number of anilines is 1. The highest BCUT2D eigenvalue weighted by Gasteiger charge is 2.30. The third-order valence-corrected chi connectivity index (χ3v) is 4.41. The zero-order valence-electron chi connectivity index (χ0n) is 11.5. The molecule has 1 aliphatic rings. The Labute approximate surface area is 127 Å². The van der Waals surface area contributed by atoms with Crippen molar-refractivity contribution < 1.29 is 9.90 Å². The summed E-state index contributed by atoms with van der Waals surface area (Å²) in [7, 11) is 0. The van der Waals surface area contributed by atoms with Gasteiger partial charge in [-0.15, -0.1) is 11.3 Å². The molecule has 1 atom stereocenters. The van der Waals surface area contributed by atoms with Gasteiger partial charge in [0.1, 0.15) is 0 Å². The molecule has 0 aliphatic heterocycles. The number of carbonyl (C=O) groups is 1. The molecule has 110 valence electrons. The van der Waals surface area contributed by atoms with E-state index in [0.717, 1.165) is 12.8 Å². The molecule has 1 aromatic heterocycles. The Morgan fingerprint density at radius 2 is 2.33 bits per heavy atom. The summed E-state index contributed by atoms with van der Waals surface area (Å²) in [5, 5.41) is 14.5. The molecule has 2 amide bonds. The predicted octanol–water partition coefficient (Wildman–Crippen LogP) is 2.66. The molecule has 3 rings (SSSR count). The molecule has 0 spiro atoms. The van der Waals surface area contributed by atoms with Crippen molar-refractivity contribution in [3.63, 3.8) is 0 Å². The molecule has 1 aromatic carbocycles. The number of amides is 2. The van der Waals surface area contributed by atoms with Crippen molar-refractivity contribution in [2.45, 2.75) is 18.9 Å². The summed E-state index contributed by atoms with van der Waals surface area (Å²) in [5.74, 6) is 0. The second kappa shape index (κ2) is 6.24. The van der Waals surface area contributed by atoms with Crippen LogP contribution in [0.5, 0.6) is 0 Å². The number of fused-ring (bicyclic) bond motifs is 1. The van der Waals surface area contributed by atoms with Crippen LogP contribution in [0.25, 0.3) is 0 Å². The summed E-state index contributed by atoms with van der Waals surface area (Å²) >= 11 is 1.38. The molecule has 5 nitrogen and oxygen atoms in total. The van der Waals surface area contributed by atoms with Gasteiger partial charge in [-0.1, -0.05) is 24.3 Å². The summed E-state index contributed by atoms with van der Waals surface area (Å²) in [6.07, 6.45) is 3.51. The van der Waals surface area contributed by atoms with Gasteiger partial charge in [0.25, 0.3) is 0 Å². The fourth-order valence-corrected chi connectivity index (χ4v) is 3.33. The van der Waals surface area contributed by atoms with Crippen molar-refractivity contribution in [3.8, 4) is 0 Å². The Bertz CT molecular complexity index is 615. The first-order valence-electron chi connectivity index (χ1n) is 6.95. The first-order chi connectivity index (χ1) is 10.3. The lowest BCUT2D eigenvalue weighted by atomic mass is 10.1. The molecule has 1 unspecified atom stereocenters. The predicted molar refractivity (Wildman–Crippen MR) is 82.4 cm³/mol. The van der Waals surface area contributed by atoms with Crippen LogP contribution in [-0.4, -0.2) is 34.2 Å². The first kappa shape index (κ1) is 14.0. The summed E-state index contributed by atoms with van der Waals surface area (Å²) < 4.78 is 0. The number of hydrogen-bond acceptors (Lipinski definition) is 4. The van der Waals surface area contributed by atoms with E-state index < -0.39 is 0 Å². The zero-order valence-corrected chi connectivity index (χ0v) is 12.3. The second-order valence-electron chi connectivity index (χ2n) is 4.94. The molecule has 0 saturated heterocycles. The molecule has 1 aliphatic carbocycles. The Morgan fingerprint density at radius 1 is 1.48 bits per heavy atom. The number of hydrogen-bond donors (Lipinski definition) is 2. The summed E-state index contributed by atoms with van der Waals surface area (Å²) in [5.41, 5.74) is 2.47. The van der Waals surface area contributed by atoms with Crippen LogP contribution >= 0.6 is 11.3 Å². The number of thiazole rings is 1. The minimum absolute atomic E-state index is 0.0216. The Balaban J connectivity index is 1.80. The van der Waals surface area contributed by atoms with Gasteiger partial charge in [0, 0.05) is 18.1 Å². The van der Waals surface area contributed by atoms with E-state index in [1.54, 1.807) is 11.1 Å². The molecule has 2 aromatic rings. The van der Waals surface area contributed by atoms with Gasteiger partial charge in [0.2, 0.25) is 0 Å². The van der Waals surface area contributed by atoms with Gasteiger partial charge in [-0.05, 0) is 24.0 Å². The van der Waals surface area contributed by atoms with Crippen LogP contribution in [0.3, 0.4) is 0 Å². The van der Waals surface area contributed by atoms with Gasteiger partial charge in [-0.2, -0.15) is 0 Å². The van der Waals surface area contributed by atoms with Crippen molar-refractivity contribution in [1.29, 1.82) is 0 Å². The minimum Gasteiger partial charge on any atom is -0.395 e. The quantitative estimate of drug-likeness (QED) is 0.912. The Hall–Kier alpha value is -1.92. The number of aliphatic hydroxyl groups is 1. The Kier molecular flexibility index (Phi) is 4.17. The third kappa shape index (κ3) is 2.91. The molecule has 0 radical (unpaired) electrons. The minimum atomic E-state index is -0.208. The van der Waals surface area contributed by atoms with E-state index in [1.807, 2.05) is 17.5 Å². The van der Waals surface area contributed by atoms with Gasteiger partial charge in [-0.25, -0.2) is 9.78 Å². The number of aliphatic hydroxyl groups excluding tert-OH is 1. The van der Waals surface area contributed by atoms with Crippen LogP contribution in [0.2, 0.25) is 0 Å². The van der Waals surface area contributed by atoms with Gasteiger partial charge >= 0.3 is 6.03 Å². The van der Waals surface area contributed by atoms with E-state index in [4.69, 9.17) is 0 Å².